The third-order valence-corrected chi connectivity index (χ3v) is 4.06. The quantitative estimate of drug-likeness (QED) is 0.886. The van der Waals surface area contributed by atoms with Crippen LogP contribution in [0.25, 0.3) is 0 Å². The summed E-state index contributed by atoms with van der Waals surface area (Å²) in [6, 6.07) is 10.9. The first-order valence-electron chi connectivity index (χ1n) is 6.53. The molecule has 1 fully saturated rings. The number of imidazole rings is 1. The van der Waals surface area contributed by atoms with Crippen molar-refractivity contribution in [2.45, 2.75) is 18.3 Å². The van der Waals surface area contributed by atoms with Crippen molar-refractivity contribution >= 4 is 0 Å². The Hall–Kier alpha value is -1.61. The van der Waals surface area contributed by atoms with Gasteiger partial charge in [0.15, 0.2) is 0 Å². The Balaban J connectivity index is 1.75. The molecular formula is C15H19N3. The van der Waals surface area contributed by atoms with E-state index in [0.29, 0.717) is 5.41 Å². The number of nitrogens with zero attached hydrogens (tertiary/aromatic N) is 2. The number of rotatable bonds is 4. The third kappa shape index (κ3) is 1.95. The molecular weight excluding hydrogens is 222 g/mol. The van der Waals surface area contributed by atoms with Gasteiger partial charge in [0.1, 0.15) is 5.82 Å². The maximum absolute atomic E-state index is 4.41. The molecule has 18 heavy (non-hydrogen) atoms. The van der Waals surface area contributed by atoms with E-state index in [4.69, 9.17) is 0 Å². The fourth-order valence-electron chi connectivity index (χ4n) is 2.73. The van der Waals surface area contributed by atoms with Crippen LogP contribution in [0.4, 0.5) is 0 Å². The van der Waals surface area contributed by atoms with E-state index >= 15 is 0 Å². The van der Waals surface area contributed by atoms with Crippen LogP contribution >= 0.6 is 0 Å². The minimum absolute atomic E-state index is 0.313. The summed E-state index contributed by atoms with van der Waals surface area (Å²) >= 11 is 0. The largest absolute Gasteiger partial charge is 0.338 e. The number of benzene rings is 1. The van der Waals surface area contributed by atoms with Gasteiger partial charge in [-0.25, -0.2) is 4.98 Å². The highest BCUT2D eigenvalue weighted by Gasteiger charge is 2.38. The van der Waals surface area contributed by atoms with Crippen LogP contribution < -0.4 is 5.32 Å². The summed E-state index contributed by atoms with van der Waals surface area (Å²) in [6.07, 6.45) is 6.10. The number of hydrogen-bond acceptors (Lipinski definition) is 2. The van der Waals surface area contributed by atoms with Crippen LogP contribution in [0.5, 0.6) is 0 Å². The first kappa shape index (κ1) is 11.5. The first-order chi connectivity index (χ1) is 8.80. The Kier molecular flexibility index (Phi) is 2.92. The molecule has 3 heteroatoms. The van der Waals surface area contributed by atoms with Crippen LogP contribution in [0.1, 0.15) is 17.8 Å². The van der Waals surface area contributed by atoms with E-state index in [-0.39, 0.29) is 0 Å². The van der Waals surface area contributed by atoms with E-state index in [2.05, 4.69) is 52.2 Å². The van der Waals surface area contributed by atoms with Gasteiger partial charge in [-0.1, -0.05) is 30.3 Å². The lowest BCUT2D eigenvalue weighted by molar-refractivity contribution is 0.256. The van der Waals surface area contributed by atoms with Crippen LogP contribution in [0.15, 0.2) is 42.7 Å². The Labute approximate surface area is 108 Å². The van der Waals surface area contributed by atoms with Crippen molar-refractivity contribution in [3.63, 3.8) is 0 Å². The van der Waals surface area contributed by atoms with E-state index in [1.165, 1.54) is 11.4 Å². The van der Waals surface area contributed by atoms with E-state index in [0.717, 1.165) is 25.9 Å². The summed E-state index contributed by atoms with van der Waals surface area (Å²) in [5.41, 5.74) is 1.77. The average molecular weight is 241 g/mol. The second-order valence-corrected chi connectivity index (χ2v) is 5.20. The van der Waals surface area contributed by atoms with E-state index in [9.17, 15) is 0 Å². The Morgan fingerprint density at radius 2 is 2.06 bits per heavy atom. The molecule has 1 aliphatic rings. The Morgan fingerprint density at radius 1 is 1.28 bits per heavy atom. The van der Waals surface area contributed by atoms with Gasteiger partial charge >= 0.3 is 0 Å². The van der Waals surface area contributed by atoms with Crippen molar-refractivity contribution in [2.24, 2.45) is 7.05 Å². The van der Waals surface area contributed by atoms with Gasteiger partial charge in [0.25, 0.3) is 0 Å². The van der Waals surface area contributed by atoms with E-state index < -0.39 is 0 Å². The van der Waals surface area contributed by atoms with Gasteiger partial charge in [-0.15, -0.1) is 0 Å². The van der Waals surface area contributed by atoms with Crippen LogP contribution in [0.2, 0.25) is 0 Å². The Bertz CT molecular complexity index is 512. The molecule has 0 bridgehead atoms. The van der Waals surface area contributed by atoms with E-state index in [1.54, 1.807) is 0 Å². The predicted octanol–water partition coefficient (Wildman–Crippen LogP) is 1.89. The highest BCUT2D eigenvalue weighted by Crippen LogP contribution is 2.33. The summed E-state index contributed by atoms with van der Waals surface area (Å²) in [5, 5.41) is 3.42. The second kappa shape index (κ2) is 4.58. The number of hydrogen-bond donors (Lipinski definition) is 1. The molecule has 0 saturated carbocycles. The lowest BCUT2D eigenvalue weighted by atomic mass is 9.72. The summed E-state index contributed by atoms with van der Waals surface area (Å²) in [4.78, 5) is 4.41. The van der Waals surface area contributed by atoms with Gasteiger partial charge in [0.2, 0.25) is 0 Å². The molecule has 2 aromatic rings. The highest BCUT2D eigenvalue weighted by atomic mass is 15.0. The fourth-order valence-corrected chi connectivity index (χ4v) is 2.73. The van der Waals surface area contributed by atoms with Gasteiger partial charge in [-0.3, -0.25) is 0 Å². The van der Waals surface area contributed by atoms with Gasteiger partial charge in [0.05, 0.1) is 0 Å². The fraction of sp³-hybridized carbons (Fsp3) is 0.400. The molecule has 0 unspecified atom stereocenters. The molecule has 1 aromatic heterocycles. The zero-order valence-electron chi connectivity index (χ0n) is 10.8. The number of aromatic nitrogens is 2. The first-order valence-corrected chi connectivity index (χ1v) is 6.53. The second-order valence-electron chi connectivity index (χ2n) is 5.20. The minimum atomic E-state index is 0.313. The lowest BCUT2D eigenvalue weighted by Gasteiger charge is -2.43. The maximum Gasteiger partial charge on any atom is 0.108 e. The zero-order chi connectivity index (χ0) is 12.4. The van der Waals surface area contributed by atoms with Gasteiger partial charge in [0, 0.05) is 44.4 Å². The van der Waals surface area contributed by atoms with Crippen molar-refractivity contribution in [2.75, 3.05) is 13.1 Å². The van der Waals surface area contributed by atoms with E-state index in [1.807, 2.05) is 12.4 Å². The topological polar surface area (TPSA) is 29.9 Å². The molecule has 94 valence electrons. The summed E-state index contributed by atoms with van der Waals surface area (Å²) in [6.45, 7) is 2.17. The van der Waals surface area contributed by atoms with Crippen molar-refractivity contribution < 1.29 is 0 Å². The summed E-state index contributed by atoms with van der Waals surface area (Å²) < 4.78 is 2.12. The minimum Gasteiger partial charge on any atom is -0.338 e. The van der Waals surface area contributed by atoms with Crippen LogP contribution in [0.3, 0.4) is 0 Å². The monoisotopic (exact) mass is 241 g/mol. The van der Waals surface area contributed by atoms with Gasteiger partial charge in [-0.2, -0.15) is 0 Å². The molecule has 0 radical (unpaired) electrons. The molecule has 0 aliphatic carbocycles. The van der Waals surface area contributed by atoms with Crippen molar-refractivity contribution in [3.8, 4) is 0 Å². The van der Waals surface area contributed by atoms with Crippen molar-refractivity contribution in [1.82, 2.24) is 14.9 Å². The molecule has 0 atom stereocenters. The van der Waals surface area contributed by atoms with Crippen molar-refractivity contribution in [3.05, 3.63) is 54.1 Å². The van der Waals surface area contributed by atoms with Crippen molar-refractivity contribution in [1.29, 1.82) is 0 Å². The highest BCUT2D eigenvalue weighted by molar-refractivity contribution is 5.29. The molecule has 1 aromatic carbocycles. The summed E-state index contributed by atoms with van der Waals surface area (Å²) in [5.74, 6) is 1.18. The maximum atomic E-state index is 4.41. The SMILES string of the molecule is Cn1ccnc1CCC1(c2ccccc2)CNC1. The van der Waals surface area contributed by atoms with Gasteiger partial charge in [-0.05, 0) is 12.0 Å². The summed E-state index contributed by atoms with van der Waals surface area (Å²) in [7, 11) is 2.07. The van der Waals surface area contributed by atoms with Crippen LogP contribution in [-0.4, -0.2) is 22.6 Å². The number of nitrogens with one attached hydrogen (secondary N) is 1. The molecule has 3 rings (SSSR count). The normalized spacial score (nSPS) is 17.4. The predicted molar refractivity (Wildman–Crippen MR) is 72.5 cm³/mol. The lowest BCUT2D eigenvalue weighted by Crippen LogP contribution is -2.57. The molecule has 0 amide bonds. The van der Waals surface area contributed by atoms with Crippen LogP contribution in [0, 0.1) is 0 Å². The molecule has 1 N–H and O–H groups in total. The zero-order valence-corrected chi connectivity index (χ0v) is 10.8. The molecule has 0 spiro atoms. The molecule has 2 heterocycles. The smallest absolute Gasteiger partial charge is 0.108 e. The van der Waals surface area contributed by atoms with Gasteiger partial charge < -0.3 is 9.88 Å². The average Bonchev–Trinajstić information content (AvgIpc) is 2.75. The number of aryl methyl sites for hydroxylation is 2. The molecule has 3 nitrogen and oxygen atoms in total. The Morgan fingerprint density at radius 3 is 2.61 bits per heavy atom. The standard InChI is InChI=1S/C15H19N3/c1-18-10-9-17-14(18)7-8-15(11-16-12-15)13-5-3-2-4-6-13/h2-6,9-10,16H,7-8,11-12H2,1H3. The third-order valence-electron chi connectivity index (χ3n) is 4.06. The molecule has 1 saturated heterocycles. The molecule has 1 aliphatic heterocycles. The van der Waals surface area contributed by atoms with Crippen LogP contribution in [-0.2, 0) is 18.9 Å².